The Bertz CT molecular complexity index is 1520. The van der Waals surface area contributed by atoms with Gasteiger partial charge >= 0.3 is 12.2 Å². The number of aromatic nitrogens is 1. The van der Waals surface area contributed by atoms with Crippen molar-refractivity contribution in [2.45, 2.75) is 98.1 Å². The van der Waals surface area contributed by atoms with Crippen molar-refractivity contribution in [3.63, 3.8) is 0 Å². The van der Waals surface area contributed by atoms with Gasteiger partial charge < -0.3 is 14.8 Å². The van der Waals surface area contributed by atoms with Crippen molar-refractivity contribution in [3.8, 4) is 11.1 Å². The highest BCUT2D eigenvalue weighted by molar-refractivity contribution is 5.90. The first-order valence-corrected chi connectivity index (χ1v) is 14.9. The molecule has 1 aliphatic rings. The third-order valence-corrected chi connectivity index (χ3v) is 6.67. The number of nitrogens with one attached hydrogen (secondary N) is 3. The van der Waals surface area contributed by atoms with Gasteiger partial charge in [-0.2, -0.15) is 0 Å². The lowest BCUT2D eigenvalue weighted by Gasteiger charge is -2.21. The summed E-state index contributed by atoms with van der Waals surface area (Å²) in [5.74, 6) is -0.980. The SMILES string of the molecule is C=CCC(/C=c1/cc(-c2cncc(NC(=O)OC(C)(C)C)c2CC)cc(NC(=O)OC(C)(C)C)/c1=C/C)NC(=O)C1CC1F. The van der Waals surface area contributed by atoms with Crippen molar-refractivity contribution in [1.82, 2.24) is 10.3 Å². The molecular formula is C34H45FN4O5. The van der Waals surface area contributed by atoms with Crippen LogP contribution in [0.25, 0.3) is 23.3 Å². The van der Waals surface area contributed by atoms with E-state index >= 15 is 0 Å². The van der Waals surface area contributed by atoms with Crippen molar-refractivity contribution < 1.29 is 28.2 Å². The Morgan fingerprint density at radius 1 is 1.05 bits per heavy atom. The maximum absolute atomic E-state index is 13.6. The molecule has 44 heavy (non-hydrogen) atoms. The monoisotopic (exact) mass is 608 g/mol. The molecule has 0 spiro atoms. The fourth-order valence-corrected chi connectivity index (χ4v) is 4.74. The summed E-state index contributed by atoms with van der Waals surface area (Å²) in [5.41, 5.74) is 1.83. The largest absolute Gasteiger partial charge is 0.444 e. The quantitative estimate of drug-likeness (QED) is 0.300. The molecule has 3 amide bonds. The second-order valence-electron chi connectivity index (χ2n) is 12.8. The number of hydrogen-bond acceptors (Lipinski definition) is 6. The molecule has 0 radical (unpaired) electrons. The Kier molecular flexibility index (Phi) is 10.9. The number of carbonyl (C=O) groups excluding carboxylic acids is 3. The highest BCUT2D eigenvalue weighted by atomic mass is 19.1. The van der Waals surface area contributed by atoms with E-state index in [1.165, 1.54) is 0 Å². The molecule has 1 heterocycles. The van der Waals surface area contributed by atoms with E-state index in [1.54, 1.807) is 60.0 Å². The minimum atomic E-state index is -1.12. The number of carbonyl (C=O) groups is 3. The van der Waals surface area contributed by atoms with Crippen LogP contribution in [0.3, 0.4) is 0 Å². The van der Waals surface area contributed by atoms with Gasteiger partial charge in [-0.1, -0.05) is 25.2 Å². The maximum atomic E-state index is 13.6. The predicted molar refractivity (Wildman–Crippen MR) is 172 cm³/mol. The van der Waals surface area contributed by atoms with Crippen LogP contribution in [0.1, 0.15) is 73.8 Å². The van der Waals surface area contributed by atoms with Gasteiger partial charge in [0.05, 0.1) is 29.5 Å². The van der Waals surface area contributed by atoms with Crippen LogP contribution < -0.4 is 26.4 Å². The minimum Gasteiger partial charge on any atom is -0.444 e. The Morgan fingerprint density at radius 3 is 2.14 bits per heavy atom. The number of halogens is 1. The van der Waals surface area contributed by atoms with E-state index in [-0.39, 0.29) is 12.3 Å². The molecule has 3 atom stereocenters. The first-order chi connectivity index (χ1) is 20.5. The van der Waals surface area contributed by atoms with Gasteiger partial charge in [-0.05, 0) is 96.2 Å². The number of hydrogen-bond donors (Lipinski definition) is 3. The number of alkyl halides is 1. The molecule has 3 N–H and O–H groups in total. The van der Waals surface area contributed by atoms with Gasteiger partial charge in [0.2, 0.25) is 5.91 Å². The topological polar surface area (TPSA) is 119 Å². The number of benzene rings is 1. The number of nitrogens with zero attached hydrogens (tertiary/aromatic N) is 1. The zero-order chi connectivity index (χ0) is 32.8. The van der Waals surface area contributed by atoms with Gasteiger partial charge in [0.25, 0.3) is 0 Å². The predicted octanol–water partition coefficient (Wildman–Crippen LogP) is 6.00. The second-order valence-corrected chi connectivity index (χ2v) is 12.8. The molecule has 3 rings (SSSR count). The summed E-state index contributed by atoms with van der Waals surface area (Å²) >= 11 is 0. The molecule has 1 saturated carbocycles. The number of anilines is 2. The van der Waals surface area contributed by atoms with Gasteiger partial charge in [0, 0.05) is 17.0 Å². The molecule has 1 aromatic carbocycles. The lowest BCUT2D eigenvalue weighted by atomic mass is 9.96. The number of ether oxygens (including phenoxy) is 2. The molecule has 9 nitrogen and oxygen atoms in total. The fourth-order valence-electron chi connectivity index (χ4n) is 4.74. The summed E-state index contributed by atoms with van der Waals surface area (Å²) in [6, 6.07) is 3.28. The van der Waals surface area contributed by atoms with Crippen LogP contribution in [0.2, 0.25) is 0 Å². The first-order valence-electron chi connectivity index (χ1n) is 14.9. The number of rotatable bonds is 9. The third-order valence-electron chi connectivity index (χ3n) is 6.67. The average Bonchev–Trinajstić information content (AvgIpc) is 3.63. The zero-order valence-electron chi connectivity index (χ0n) is 27.0. The molecule has 2 aromatic rings. The van der Waals surface area contributed by atoms with Crippen LogP contribution in [0.5, 0.6) is 0 Å². The van der Waals surface area contributed by atoms with Crippen molar-refractivity contribution in [2.75, 3.05) is 10.6 Å². The Hall–Kier alpha value is -4.21. The van der Waals surface area contributed by atoms with E-state index in [0.29, 0.717) is 40.2 Å². The van der Waals surface area contributed by atoms with Crippen LogP contribution in [0.4, 0.5) is 25.4 Å². The Labute approximate surface area is 259 Å². The van der Waals surface area contributed by atoms with Gasteiger partial charge in [0.15, 0.2) is 0 Å². The molecular weight excluding hydrogens is 563 g/mol. The standard InChI is InChI=1S/C34H45FN4O5/c1-10-13-22(37-30(40)25-17-27(25)35)15-20-14-21(16-28(23(20)11-2)38-31(41)43-33(4,5)6)26-18-36-19-29(24(26)12-3)39-32(42)44-34(7,8)9/h10-11,14-16,18-19,22,25,27H,1,12-13,17H2,2-9H3,(H,37,40)(H,38,41)(H,39,42)/b20-15-,23-11+. The van der Waals surface area contributed by atoms with Gasteiger partial charge in [-0.3, -0.25) is 20.4 Å². The molecule has 0 saturated heterocycles. The van der Waals surface area contributed by atoms with E-state index in [1.807, 2.05) is 38.1 Å². The van der Waals surface area contributed by atoms with Crippen molar-refractivity contribution in [3.05, 3.63) is 53.2 Å². The molecule has 1 aliphatic carbocycles. The van der Waals surface area contributed by atoms with E-state index in [0.717, 1.165) is 11.1 Å². The van der Waals surface area contributed by atoms with Crippen LogP contribution in [-0.4, -0.2) is 46.5 Å². The Morgan fingerprint density at radius 2 is 1.64 bits per heavy atom. The first kappa shape index (κ1) is 34.3. The van der Waals surface area contributed by atoms with Crippen LogP contribution in [0.15, 0.2) is 37.2 Å². The van der Waals surface area contributed by atoms with Crippen molar-refractivity contribution in [1.29, 1.82) is 0 Å². The third kappa shape index (κ3) is 9.65. The van der Waals surface area contributed by atoms with Gasteiger partial charge in [-0.25, -0.2) is 14.0 Å². The van der Waals surface area contributed by atoms with E-state index < -0.39 is 41.5 Å². The lowest BCUT2D eigenvalue weighted by molar-refractivity contribution is -0.123. The summed E-state index contributed by atoms with van der Waals surface area (Å²) in [6.45, 7) is 18.3. The average molecular weight is 609 g/mol. The molecule has 0 bridgehead atoms. The molecule has 1 fully saturated rings. The van der Waals surface area contributed by atoms with Crippen molar-refractivity contribution >= 4 is 41.6 Å². The molecule has 10 heteroatoms. The number of pyridine rings is 1. The molecule has 1 aromatic heterocycles. The summed E-state index contributed by atoms with van der Waals surface area (Å²) in [6.07, 6.45) is 7.52. The van der Waals surface area contributed by atoms with Crippen molar-refractivity contribution in [2.24, 2.45) is 5.92 Å². The smallest absolute Gasteiger partial charge is 0.412 e. The lowest BCUT2D eigenvalue weighted by Crippen LogP contribution is -2.38. The zero-order valence-corrected chi connectivity index (χ0v) is 27.0. The maximum Gasteiger partial charge on any atom is 0.412 e. The second kappa shape index (κ2) is 14.1. The Balaban J connectivity index is 2.19. The normalized spacial score (nSPS) is 17.8. The highest BCUT2D eigenvalue weighted by Gasteiger charge is 2.43. The van der Waals surface area contributed by atoms with Crippen LogP contribution in [-0.2, 0) is 20.7 Å². The summed E-state index contributed by atoms with van der Waals surface area (Å²) in [4.78, 5) is 42.6. The molecule has 0 aliphatic heterocycles. The fraction of sp³-hybridized carbons (Fsp3) is 0.471. The summed E-state index contributed by atoms with van der Waals surface area (Å²) in [5, 5.41) is 10.0. The van der Waals surface area contributed by atoms with E-state index in [9.17, 15) is 18.8 Å². The molecule has 3 unspecified atom stereocenters. The highest BCUT2D eigenvalue weighted by Crippen LogP contribution is 2.34. The molecule has 238 valence electrons. The van der Waals surface area contributed by atoms with Crippen LogP contribution >= 0.6 is 0 Å². The minimum absolute atomic E-state index is 0.223. The van der Waals surface area contributed by atoms with E-state index in [2.05, 4.69) is 27.5 Å². The van der Waals surface area contributed by atoms with Crippen LogP contribution in [0, 0.1) is 5.92 Å². The number of amides is 3. The summed E-state index contributed by atoms with van der Waals surface area (Å²) in [7, 11) is 0. The van der Waals surface area contributed by atoms with Gasteiger partial charge in [0.1, 0.15) is 17.4 Å². The summed E-state index contributed by atoms with van der Waals surface area (Å²) < 4.78 is 24.6. The van der Waals surface area contributed by atoms with E-state index in [4.69, 9.17) is 9.47 Å². The van der Waals surface area contributed by atoms with Gasteiger partial charge in [-0.15, -0.1) is 6.58 Å².